The molecule has 1 aliphatic heterocycles. The zero-order valence-corrected chi connectivity index (χ0v) is 16.6. The summed E-state index contributed by atoms with van der Waals surface area (Å²) in [6.07, 6.45) is 1.36. The summed E-state index contributed by atoms with van der Waals surface area (Å²) in [6, 6.07) is 10.9. The van der Waals surface area contributed by atoms with E-state index in [1.165, 1.54) is 0 Å². The Labute approximate surface area is 171 Å². The Kier molecular flexibility index (Phi) is 4.67. The molecule has 0 N–H and O–H groups in total. The van der Waals surface area contributed by atoms with Crippen molar-refractivity contribution in [2.45, 2.75) is 19.4 Å². The first kappa shape index (κ1) is 18.7. The molecule has 0 bridgehead atoms. The van der Waals surface area contributed by atoms with Crippen molar-refractivity contribution in [3.05, 3.63) is 52.4 Å². The van der Waals surface area contributed by atoms with E-state index in [0.717, 1.165) is 17.4 Å². The van der Waals surface area contributed by atoms with E-state index < -0.39 is 5.63 Å². The molecular formula is C23H21NO6. The highest BCUT2D eigenvalue weighted by molar-refractivity contribution is 6.14. The average Bonchev–Trinajstić information content (AvgIpc) is 3.34. The first-order valence-corrected chi connectivity index (χ1v) is 9.97. The van der Waals surface area contributed by atoms with Gasteiger partial charge in [0.1, 0.15) is 28.9 Å². The molecule has 7 nitrogen and oxygen atoms in total. The quantitative estimate of drug-likeness (QED) is 0.357. The number of benzene rings is 2. The van der Waals surface area contributed by atoms with E-state index in [2.05, 4.69) is 0 Å². The number of nitrogens with zero attached hydrogens (tertiary/aromatic N) is 1. The van der Waals surface area contributed by atoms with E-state index in [0.29, 0.717) is 66.0 Å². The van der Waals surface area contributed by atoms with Gasteiger partial charge < -0.3 is 23.2 Å². The van der Waals surface area contributed by atoms with Crippen molar-refractivity contribution in [1.29, 1.82) is 0 Å². The molecule has 2 aromatic heterocycles. The number of carbonyl (C=O) groups is 1. The summed E-state index contributed by atoms with van der Waals surface area (Å²) >= 11 is 0. The van der Waals surface area contributed by atoms with Crippen LogP contribution in [0.4, 0.5) is 0 Å². The number of methoxy groups -OCH3 is 1. The Morgan fingerprint density at radius 1 is 1.00 bits per heavy atom. The molecule has 1 fully saturated rings. The second kappa shape index (κ2) is 7.50. The lowest BCUT2D eigenvalue weighted by Gasteiger charge is -2.19. The Morgan fingerprint density at radius 3 is 2.67 bits per heavy atom. The van der Waals surface area contributed by atoms with Crippen molar-refractivity contribution in [2.24, 2.45) is 0 Å². The molecule has 0 saturated carbocycles. The van der Waals surface area contributed by atoms with Gasteiger partial charge in [0.25, 0.3) is 0 Å². The first-order chi connectivity index (χ1) is 14.7. The van der Waals surface area contributed by atoms with Crippen LogP contribution in [0.5, 0.6) is 5.75 Å². The summed E-state index contributed by atoms with van der Waals surface area (Å²) in [5.74, 6) is 0.703. The predicted molar refractivity (Wildman–Crippen MR) is 112 cm³/mol. The summed E-state index contributed by atoms with van der Waals surface area (Å²) < 4.78 is 22.7. The van der Waals surface area contributed by atoms with Gasteiger partial charge in [0, 0.05) is 31.0 Å². The number of para-hydroxylation sites is 1. The van der Waals surface area contributed by atoms with Crippen LogP contribution < -0.4 is 10.4 Å². The second-order valence-electron chi connectivity index (χ2n) is 7.37. The summed E-state index contributed by atoms with van der Waals surface area (Å²) in [5, 5.41) is 1.75. The lowest BCUT2D eigenvalue weighted by Crippen LogP contribution is -2.24. The van der Waals surface area contributed by atoms with E-state index in [1.54, 1.807) is 24.1 Å². The maximum absolute atomic E-state index is 12.9. The lowest BCUT2D eigenvalue weighted by molar-refractivity contribution is -0.128. The molecule has 0 radical (unpaired) electrons. The molecule has 0 unspecified atom stereocenters. The summed E-state index contributed by atoms with van der Waals surface area (Å²) in [5.41, 5.74) is 1.81. The zero-order valence-electron chi connectivity index (χ0n) is 16.6. The minimum Gasteiger partial charge on any atom is -0.491 e. The van der Waals surface area contributed by atoms with Crippen LogP contribution in [0.2, 0.25) is 0 Å². The predicted octanol–water partition coefficient (Wildman–Crippen LogP) is 3.84. The van der Waals surface area contributed by atoms with Gasteiger partial charge >= 0.3 is 5.63 Å². The standard InChI is InChI=1S/C23H21NO6/c1-27-11-12-28-16-8-9-18-20(15(16)13-24-10-4-7-19(24)25)21-22(29-18)14-5-2-3-6-17(14)30-23(21)26/h2-3,5-6,8-9H,4,7,10-13H2,1H3. The fourth-order valence-corrected chi connectivity index (χ4v) is 4.11. The van der Waals surface area contributed by atoms with Crippen LogP contribution >= 0.6 is 0 Å². The molecule has 0 atom stereocenters. The molecule has 154 valence electrons. The van der Waals surface area contributed by atoms with E-state index in [4.69, 9.17) is 18.3 Å². The monoisotopic (exact) mass is 407 g/mol. The second-order valence-corrected chi connectivity index (χ2v) is 7.37. The number of amides is 1. The van der Waals surface area contributed by atoms with Gasteiger partial charge in [-0.25, -0.2) is 4.79 Å². The fraction of sp³-hybridized carbons (Fsp3) is 0.304. The van der Waals surface area contributed by atoms with Crippen LogP contribution in [-0.2, 0) is 16.1 Å². The molecule has 0 aliphatic carbocycles. The maximum atomic E-state index is 12.9. The van der Waals surface area contributed by atoms with Crippen molar-refractivity contribution in [2.75, 3.05) is 26.9 Å². The van der Waals surface area contributed by atoms with E-state index in [-0.39, 0.29) is 5.91 Å². The van der Waals surface area contributed by atoms with Crippen LogP contribution in [0.15, 0.2) is 50.0 Å². The van der Waals surface area contributed by atoms with Crippen molar-refractivity contribution in [3.63, 3.8) is 0 Å². The number of furan rings is 1. The third-order valence-corrected chi connectivity index (χ3v) is 5.52. The van der Waals surface area contributed by atoms with Crippen LogP contribution in [0.1, 0.15) is 18.4 Å². The SMILES string of the molecule is COCCOc1ccc2oc3c4ccccc4oc(=O)c3c2c1CN1CCCC1=O. The van der Waals surface area contributed by atoms with Gasteiger partial charge in [-0.2, -0.15) is 0 Å². The van der Waals surface area contributed by atoms with Gasteiger partial charge in [0.05, 0.1) is 18.5 Å². The van der Waals surface area contributed by atoms with Crippen molar-refractivity contribution < 1.29 is 23.1 Å². The number of likely N-dealkylation sites (tertiary alicyclic amines) is 1. The minimum atomic E-state index is -0.467. The maximum Gasteiger partial charge on any atom is 0.348 e. The third kappa shape index (κ3) is 3.02. The summed E-state index contributed by atoms with van der Waals surface area (Å²) in [4.78, 5) is 27.0. The highest BCUT2D eigenvalue weighted by Crippen LogP contribution is 2.38. The minimum absolute atomic E-state index is 0.0973. The highest BCUT2D eigenvalue weighted by Gasteiger charge is 2.26. The van der Waals surface area contributed by atoms with Crippen molar-refractivity contribution in [3.8, 4) is 5.75 Å². The Hall–Kier alpha value is -3.32. The van der Waals surface area contributed by atoms with Crippen LogP contribution in [0.25, 0.3) is 32.9 Å². The molecule has 3 heterocycles. The average molecular weight is 407 g/mol. The van der Waals surface area contributed by atoms with Crippen LogP contribution in [-0.4, -0.2) is 37.7 Å². The summed E-state index contributed by atoms with van der Waals surface area (Å²) in [7, 11) is 1.61. The molecule has 4 aromatic rings. The van der Waals surface area contributed by atoms with Gasteiger partial charge in [-0.05, 0) is 30.7 Å². The third-order valence-electron chi connectivity index (χ3n) is 5.52. The van der Waals surface area contributed by atoms with Crippen molar-refractivity contribution >= 4 is 38.8 Å². The summed E-state index contributed by atoms with van der Waals surface area (Å²) in [6.45, 7) is 1.81. The van der Waals surface area contributed by atoms with Crippen LogP contribution in [0.3, 0.4) is 0 Å². The largest absolute Gasteiger partial charge is 0.491 e. The van der Waals surface area contributed by atoms with Gasteiger partial charge in [0.2, 0.25) is 5.91 Å². The number of rotatable bonds is 6. The van der Waals surface area contributed by atoms with Gasteiger partial charge in [-0.15, -0.1) is 0 Å². The Bertz CT molecular complexity index is 1320. The number of hydrogen-bond acceptors (Lipinski definition) is 6. The van der Waals surface area contributed by atoms with E-state index in [1.807, 2.05) is 24.3 Å². The van der Waals surface area contributed by atoms with Gasteiger partial charge in [-0.3, -0.25) is 4.79 Å². The number of carbonyl (C=O) groups excluding carboxylic acids is 1. The van der Waals surface area contributed by atoms with E-state index in [9.17, 15) is 9.59 Å². The molecule has 2 aromatic carbocycles. The molecule has 7 heteroatoms. The number of fused-ring (bicyclic) bond motifs is 5. The molecule has 1 amide bonds. The lowest BCUT2D eigenvalue weighted by atomic mass is 10.0. The molecular weight excluding hydrogens is 386 g/mol. The highest BCUT2D eigenvalue weighted by atomic mass is 16.5. The molecule has 1 aliphatic rings. The van der Waals surface area contributed by atoms with Gasteiger partial charge in [-0.1, -0.05) is 12.1 Å². The normalized spacial score (nSPS) is 14.4. The number of ether oxygens (including phenoxy) is 2. The smallest absolute Gasteiger partial charge is 0.348 e. The van der Waals surface area contributed by atoms with Crippen LogP contribution in [0, 0.1) is 0 Å². The zero-order chi connectivity index (χ0) is 20.7. The first-order valence-electron chi connectivity index (χ1n) is 9.97. The molecule has 0 spiro atoms. The number of hydrogen-bond donors (Lipinski definition) is 0. The molecule has 5 rings (SSSR count). The van der Waals surface area contributed by atoms with Gasteiger partial charge in [0.15, 0.2) is 5.58 Å². The Morgan fingerprint density at radius 2 is 1.87 bits per heavy atom. The van der Waals surface area contributed by atoms with E-state index >= 15 is 0 Å². The van der Waals surface area contributed by atoms with Crippen molar-refractivity contribution in [1.82, 2.24) is 4.90 Å². The molecule has 1 saturated heterocycles. The fourth-order valence-electron chi connectivity index (χ4n) is 4.11. The Balaban J connectivity index is 1.77. The molecule has 30 heavy (non-hydrogen) atoms. The topological polar surface area (TPSA) is 82.1 Å².